The first-order valence-electron chi connectivity index (χ1n) is 9.57. The van der Waals surface area contributed by atoms with Crippen molar-refractivity contribution in [2.24, 2.45) is 4.99 Å². The third kappa shape index (κ3) is 7.18. The second-order valence-electron chi connectivity index (χ2n) is 6.54. The fraction of sp³-hybridized carbons (Fsp3) is 0.476. The maximum atomic E-state index is 5.41. The number of nitrogens with zero attached hydrogens (tertiary/aromatic N) is 1. The standard InChI is InChI=1S/C21H29N3O2.HI/c1-2-25-15-13-23-21(22-12-11-20-8-5-14-26-20)24-19-10-9-17-6-3-4-7-18(17)16-19;/h3-8,14,19H,2,9-13,15-16H2,1H3,(H2,22,23,24);1H. The van der Waals surface area contributed by atoms with Crippen LogP contribution in [0.25, 0.3) is 0 Å². The van der Waals surface area contributed by atoms with Crippen molar-refractivity contribution >= 4 is 29.9 Å². The summed E-state index contributed by atoms with van der Waals surface area (Å²) in [7, 11) is 0. The summed E-state index contributed by atoms with van der Waals surface area (Å²) in [5.74, 6) is 1.85. The number of furan rings is 1. The average molecular weight is 483 g/mol. The molecule has 0 aliphatic heterocycles. The Morgan fingerprint density at radius 3 is 2.85 bits per heavy atom. The molecule has 6 heteroatoms. The topological polar surface area (TPSA) is 58.8 Å². The van der Waals surface area contributed by atoms with Gasteiger partial charge in [-0.1, -0.05) is 24.3 Å². The largest absolute Gasteiger partial charge is 0.469 e. The molecule has 0 fully saturated rings. The molecule has 0 saturated heterocycles. The SMILES string of the molecule is CCOCCN=C(NCCc1ccco1)NC1CCc2ccccc2C1.I. The van der Waals surface area contributed by atoms with Gasteiger partial charge in [0.15, 0.2) is 5.96 Å². The Labute approximate surface area is 179 Å². The Kier molecular flexibility index (Phi) is 9.69. The molecule has 3 rings (SSSR count). The first-order valence-corrected chi connectivity index (χ1v) is 9.57. The zero-order valence-corrected chi connectivity index (χ0v) is 18.3. The van der Waals surface area contributed by atoms with Crippen molar-refractivity contribution in [2.75, 3.05) is 26.3 Å². The van der Waals surface area contributed by atoms with Gasteiger partial charge >= 0.3 is 0 Å². The minimum absolute atomic E-state index is 0. The number of hydrogen-bond donors (Lipinski definition) is 2. The van der Waals surface area contributed by atoms with E-state index >= 15 is 0 Å². The van der Waals surface area contributed by atoms with Gasteiger partial charge in [0.2, 0.25) is 0 Å². The summed E-state index contributed by atoms with van der Waals surface area (Å²) in [5, 5.41) is 7.04. The second kappa shape index (κ2) is 12.0. The highest BCUT2D eigenvalue weighted by molar-refractivity contribution is 14.0. The molecule has 1 heterocycles. The minimum Gasteiger partial charge on any atom is -0.469 e. The smallest absolute Gasteiger partial charge is 0.191 e. The van der Waals surface area contributed by atoms with Crippen LogP contribution in [0.1, 0.15) is 30.2 Å². The third-order valence-corrected chi connectivity index (χ3v) is 4.64. The second-order valence-corrected chi connectivity index (χ2v) is 6.54. The number of aryl methyl sites for hydroxylation is 1. The predicted molar refractivity (Wildman–Crippen MR) is 120 cm³/mol. The van der Waals surface area contributed by atoms with Crippen molar-refractivity contribution in [1.82, 2.24) is 10.6 Å². The Hall–Kier alpha value is -1.54. The Morgan fingerprint density at radius 1 is 1.22 bits per heavy atom. The molecule has 0 saturated carbocycles. The maximum absolute atomic E-state index is 5.41. The number of aliphatic imine (C=N–C) groups is 1. The third-order valence-electron chi connectivity index (χ3n) is 4.64. The molecule has 27 heavy (non-hydrogen) atoms. The molecular formula is C21H30IN3O2. The normalized spacial score (nSPS) is 16.3. The average Bonchev–Trinajstić information content (AvgIpc) is 3.18. The van der Waals surface area contributed by atoms with Gasteiger partial charge in [-0.2, -0.15) is 0 Å². The summed E-state index contributed by atoms with van der Waals surface area (Å²) in [6, 6.07) is 13.1. The lowest BCUT2D eigenvalue weighted by atomic mass is 9.88. The Morgan fingerprint density at radius 2 is 2.07 bits per heavy atom. The maximum Gasteiger partial charge on any atom is 0.191 e. The quantitative estimate of drug-likeness (QED) is 0.261. The van der Waals surface area contributed by atoms with Gasteiger partial charge in [0.1, 0.15) is 5.76 Å². The molecule has 0 amide bonds. The van der Waals surface area contributed by atoms with Crippen LogP contribution in [0.4, 0.5) is 0 Å². The van der Waals surface area contributed by atoms with Crippen molar-refractivity contribution < 1.29 is 9.15 Å². The van der Waals surface area contributed by atoms with Crippen LogP contribution >= 0.6 is 24.0 Å². The van der Waals surface area contributed by atoms with Crippen molar-refractivity contribution in [3.8, 4) is 0 Å². The molecule has 1 atom stereocenters. The summed E-state index contributed by atoms with van der Waals surface area (Å²) in [6.07, 6.45) is 5.84. The van der Waals surface area contributed by atoms with Gasteiger partial charge in [-0.15, -0.1) is 24.0 Å². The van der Waals surface area contributed by atoms with Gasteiger partial charge in [0.25, 0.3) is 0 Å². The molecule has 2 aromatic rings. The van der Waals surface area contributed by atoms with E-state index in [9.17, 15) is 0 Å². The van der Waals surface area contributed by atoms with Gasteiger partial charge in [-0.25, -0.2) is 0 Å². The monoisotopic (exact) mass is 483 g/mol. The van der Waals surface area contributed by atoms with Crippen LogP contribution in [0.3, 0.4) is 0 Å². The molecule has 1 unspecified atom stereocenters. The molecule has 1 aliphatic rings. The molecule has 0 radical (unpaired) electrons. The highest BCUT2D eigenvalue weighted by atomic mass is 127. The number of rotatable bonds is 8. The molecular weight excluding hydrogens is 453 g/mol. The number of guanidine groups is 1. The van der Waals surface area contributed by atoms with E-state index in [1.807, 2.05) is 19.1 Å². The van der Waals surface area contributed by atoms with E-state index in [2.05, 4.69) is 39.9 Å². The summed E-state index contributed by atoms with van der Waals surface area (Å²) in [4.78, 5) is 4.67. The summed E-state index contributed by atoms with van der Waals surface area (Å²) < 4.78 is 10.8. The number of halogens is 1. The fourth-order valence-corrected chi connectivity index (χ4v) is 3.29. The van der Waals surface area contributed by atoms with Crippen molar-refractivity contribution in [3.63, 3.8) is 0 Å². The van der Waals surface area contributed by atoms with Crippen LogP contribution in [0.15, 0.2) is 52.1 Å². The molecule has 0 bridgehead atoms. The zero-order valence-electron chi connectivity index (χ0n) is 15.9. The molecule has 148 valence electrons. The van der Waals surface area contributed by atoms with E-state index in [4.69, 9.17) is 9.15 Å². The lowest BCUT2D eigenvalue weighted by molar-refractivity contribution is 0.155. The van der Waals surface area contributed by atoms with Crippen LogP contribution in [0, 0.1) is 0 Å². The molecule has 1 aromatic carbocycles. The van der Waals surface area contributed by atoms with Crippen LogP contribution in [-0.4, -0.2) is 38.3 Å². The van der Waals surface area contributed by atoms with Gasteiger partial charge in [0.05, 0.1) is 19.4 Å². The highest BCUT2D eigenvalue weighted by Gasteiger charge is 2.19. The summed E-state index contributed by atoms with van der Waals surface area (Å²) in [6.45, 7) is 4.83. The van der Waals surface area contributed by atoms with Crippen molar-refractivity contribution in [2.45, 2.75) is 38.6 Å². The lowest BCUT2D eigenvalue weighted by Gasteiger charge is -2.27. The molecule has 5 nitrogen and oxygen atoms in total. The van der Waals surface area contributed by atoms with E-state index in [0.29, 0.717) is 19.2 Å². The van der Waals surface area contributed by atoms with Crippen LogP contribution < -0.4 is 10.6 Å². The van der Waals surface area contributed by atoms with E-state index in [1.54, 1.807) is 6.26 Å². The van der Waals surface area contributed by atoms with E-state index in [0.717, 1.165) is 50.6 Å². The van der Waals surface area contributed by atoms with Gasteiger partial charge < -0.3 is 19.8 Å². The Bertz CT molecular complexity index is 688. The Balaban J connectivity index is 0.00000261. The summed E-state index contributed by atoms with van der Waals surface area (Å²) >= 11 is 0. The molecule has 2 N–H and O–H groups in total. The van der Waals surface area contributed by atoms with Crippen LogP contribution in [0.2, 0.25) is 0 Å². The van der Waals surface area contributed by atoms with Gasteiger partial charge in [-0.05, 0) is 49.4 Å². The van der Waals surface area contributed by atoms with Gasteiger partial charge in [0, 0.05) is 25.6 Å². The van der Waals surface area contributed by atoms with Crippen molar-refractivity contribution in [3.05, 3.63) is 59.5 Å². The van der Waals surface area contributed by atoms with Crippen LogP contribution in [-0.2, 0) is 24.0 Å². The predicted octanol–water partition coefficient (Wildman–Crippen LogP) is 3.57. The number of hydrogen-bond acceptors (Lipinski definition) is 3. The fourth-order valence-electron chi connectivity index (χ4n) is 3.29. The zero-order chi connectivity index (χ0) is 18.0. The highest BCUT2D eigenvalue weighted by Crippen LogP contribution is 2.20. The van der Waals surface area contributed by atoms with Gasteiger partial charge in [-0.3, -0.25) is 4.99 Å². The first kappa shape index (κ1) is 21.8. The molecule has 1 aliphatic carbocycles. The number of ether oxygens (including phenoxy) is 1. The first-order chi connectivity index (χ1) is 12.8. The molecule has 1 aromatic heterocycles. The minimum atomic E-state index is 0. The van der Waals surface area contributed by atoms with E-state index < -0.39 is 0 Å². The van der Waals surface area contributed by atoms with E-state index in [-0.39, 0.29) is 24.0 Å². The number of fused-ring (bicyclic) bond motifs is 1. The van der Waals surface area contributed by atoms with Crippen molar-refractivity contribution in [1.29, 1.82) is 0 Å². The number of benzene rings is 1. The summed E-state index contributed by atoms with van der Waals surface area (Å²) in [5.41, 5.74) is 2.92. The lowest BCUT2D eigenvalue weighted by Crippen LogP contribution is -2.46. The van der Waals surface area contributed by atoms with Crippen LogP contribution in [0.5, 0.6) is 0 Å². The number of nitrogens with one attached hydrogen (secondary N) is 2. The molecule has 0 spiro atoms. The van der Waals surface area contributed by atoms with E-state index in [1.165, 1.54) is 11.1 Å².